The van der Waals surface area contributed by atoms with Gasteiger partial charge in [0.1, 0.15) is 11.4 Å². The molecular weight excluding hydrogens is 511 g/mol. The van der Waals surface area contributed by atoms with Crippen molar-refractivity contribution in [1.82, 2.24) is 19.4 Å². The smallest absolute Gasteiger partial charge is 0.416 e. The van der Waals surface area contributed by atoms with Crippen LogP contribution in [0, 0.1) is 6.92 Å². The highest BCUT2D eigenvalue weighted by Crippen LogP contribution is 2.33. The molecule has 0 atom stereocenters. The van der Waals surface area contributed by atoms with Crippen LogP contribution in [0.3, 0.4) is 0 Å². The van der Waals surface area contributed by atoms with E-state index in [1.807, 2.05) is 31.4 Å². The largest absolute Gasteiger partial charge is 0.444 e. The summed E-state index contributed by atoms with van der Waals surface area (Å²) in [6.45, 7) is 10.7. The summed E-state index contributed by atoms with van der Waals surface area (Å²) in [5, 5.41) is 4.01. The number of aromatic nitrogens is 3. The first-order chi connectivity index (χ1) is 18.4. The summed E-state index contributed by atoms with van der Waals surface area (Å²) < 4.78 is 47.8. The van der Waals surface area contributed by atoms with Gasteiger partial charge in [0.15, 0.2) is 5.49 Å². The Balaban J connectivity index is 1.45. The molecule has 39 heavy (non-hydrogen) atoms. The number of hydrogen-bond donors (Lipinski definition) is 1. The van der Waals surface area contributed by atoms with Crippen molar-refractivity contribution in [3.63, 3.8) is 0 Å². The summed E-state index contributed by atoms with van der Waals surface area (Å²) in [6.07, 6.45) is -2.96. The fraction of sp³-hybridized carbons (Fsp3) is 0.481. The zero-order chi connectivity index (χ0) is 27.9. The van der Waals surface area contributed by atoms with Crippen molar-refractivity contribution in [2.24, 2.45) is 4.99 Å². The van der Waals surface area contributed by atoms with Crippen molar-refractivity contribution in [2.45, 2.75) is 52.6 Å². The zero-order valence-electron chi connectivity index (χ0n) is 22.5. The molecule has 0 bridgehead atoms. The molecule has 2 aliphatic rings. The molecule has 12 heteroatoms. The van der Waals surface area contributed by atoms with E-state index in [0.717, 1.165) is 29.3 Å². The van der Waals surface area contributed by atoms with Gasteiger partial charge in [0.25, 0.3) is 0 Å². The van der Waals surface area contributed by atoms with E-state index in [-0.39, 0.29) is 18.2 Å². The monoisotopic (exact) mass is 543 g/mol. The van der Waals surface area contributed by atoms with E-state index in [0.29, 0.717) is 49.7 Å². The second-order valence-electron chi connectivity index (χ2n) is 10.8. The number of nitrogens with zero attached hydrogens (tertiary/aromatic N) is 6. The molecule has 0 unspecified atom stereocenters. The van der Waals surface area contributed by atoms with Gasteiger partial charge in [-0.25, -0.2) is 9.78 Å². The van der Waals surface area contributed by atoms with Crippen molar-refractivity contribution in [1.29, 1.82) is 0 Å². The number of ether oxygens (including phenoxy) is 1. The number of piperazine rings is 1. The molecule has 4 heterocycles. The number of halogens is 3. The van der Waals surface area contributed by atoms with Crippen molar-refractivity contribution in [3.05, 3.63) is 52.6 Å². The number of alkyl halides is 3. The molecule has 0 spiro atoms. The maximum atomic E-state index is 13.4. The molecule has 0 saturated carbocycles. The lowest BCUT2D eigenvalue weighted by molar-refractivity contribution is -0.138. The summed E-state index contributed by atoms with van der Waals surface area (Å²) in [5.74, 6) is 1.38. The Bertz CT molecular complexity index is 1470. The Labute approximate surface area is 224 Å². The number of pyridine rings is 1. The van der Waals surface area contributed by atoms with E-state index < -0.39 is 17.3 Å². The molecule has 9 nitrogen and oxygen atoms in total. The number of benzene rings is 1. The highest BCUT2D eigenvalue weighted by atomic mass is 19.4. The van der Waals surface area contributed by atoms with Crippen LogP contribution in [0.25, 0.3) is 10.9 Å². The number of amides is 1. The van der Waals surface area contributed by atoms with Crippen molar-refractivity contribution >= 4 is 28.8 Å². The van der Waals surface area contributed by atoms with Gasteiger partial charge >= 0.3 is 12.3 Å². The molecule has 1 N–H and O–H groups in total. The molecular formula is C27H32F3N7O2. The zero-order valence-corrected chi connectivity index (χ0v) is 22.5. The lowest BCUT2D eigenvalue weighted by Crippen LogP contribution is -2.50. The molecule has 1 aromatic carbocycles. The highest BCUT2D eigenvalue weighted by Gasteiger charge is 2.33. The average molecular weight is 544 g/mol. The van der Waals surface area contributed by atoms with Crippen molar-refractivity contribution in [2.75, 3.05) is 42.9 Å². The molecule has 2 aliphatic heterocycles. The van der Waals surface area contributed by atoms with Gasteiger partial charge in [-0.05, 0) is 51.0 Å². The predicted molar refractivity (Wildman–Crippen MR) is 141 cm³/mol. The Morgan fingerprint density at radius 2 is 1.87 bits per heavy atom. The number of anilines is 2. The number of rotatable bonds is 3. The van der Waals surface area contributed by atoms with Crippen molar-refractivity contribution in [3.8, 4) is 0 Å². The van der Waals surface area contributed by atoms with E-state index in [4.69, 9.17) is 14.7 Å². The maximum Gasteiger partial charge on any atom is 0.416 e. The summed E-state index contributed by atoms with van der Waals surface area (Å²) in [6, 6.07) is 6.08. The number of nitrogens with one attached hydrogen (secondary N) is 1. The van der Waals surface area contributed by atoms with Gasteiger partial charge in [-0.2, -0.15) is 18.2 Å². The van der Waals surface area contributed by atoms with E-state index >= 15 is 0 Å². The summed E-state index contributed by atoms with van der Waals surface area (Å²) >= 11 is 0. The number of hydrogen-bond acceptors (Lipinski definition) is 7. The second kappa shape index (κ2) is 10.0. The minimum absolute atomic E-state index is 0.0630. The first-order valence-electron chi connectivity index (χ1n) is 12.9. The number of carbonyl (C=O) groups is 1. The third-order valence-electron chi connectivity index (χ3n) is 6.89. The van der Waals surface area contributed by atoms with E-state index in [1.54, 1.807) is 17.2 Å². The van der Waals surface area contributed by atoms with Gasteiger partial charge in [-0.3, -0.25) is 4.99 Å². The number of fused-ring (bicyclic) bond motifs is 3. The Morgan fingerprint density at radius 3 is 2.56 bits per heavy atom. The first kappa shape index (κ1) is 26.8. The predicted octanol–water partition coefficient (Wildman–Crippen LogP) is 4.34. The standard InChI is InChI=1S/C27H32F3N7O2/c1-17-18(6-5-7-20(17)27(28,29)30)15-33-23-19-14-22(32-16-21(19)37-9-8-31-24(37)34-23)35-10-12-36(13-11-35)25(38)39-26(2,3)4/h5-7,14,16H,8-13,15H2,1-4H3,(H,31,33,34). The van der Waals surface area contributed by atoms with Crippen molar-refractivity contribution < 1.29 is 22.7 Å². The second-order valence-corrected chi connectivity index (χ2v) is 10.8. The third kappa shape index (κ3) is 5.64. The van der Waals surface area contributed by atoms with E-state index in [9.17, 15) is 18.0 Å². The van der Waals surface area contributed by atoms with Crippen LogP contribution in [0.1, 0.15) is 37.5 Å². The van der Waals surface area contributed by atoms with Crippen LogP contribution in [0.15, 0.2) is 35.5 Å². The summed E-state index contributed by atoms with van der Waals surface area (Å²) in [4.78, 5) is 30.3. The first-order valence-corrected chi connectivity index (χ1v) is 12.9. The number of carbonyl (C=O) groups excluding carboxylic acids is 1. The van der Waals surface area contributed by atoms with Gasteiger partial charge in [-0.1, -0.05) is 12.1 Å². The topological polar surface area (TPSA) is 87.9 Å². The van der Waals surface area contributed by atoms with E-state index in [1.165, 1.54) is 13.0 Å². The SMILES string of the molecule is Cc1c(CN=c2nc3n(c4cnc(N5CCN(C(=O)OC(C)(C)C)CC5)cc24)CCN3)cccc1C(F)(F)F. The van der Waals surface area contributed by atoms with Crippen LogP contribution >= 0.6 is 0 Å². The highest BCUT2D eigenvalue weighted by molar-refractivity contribution is 5.81. The van der Waals surface area contributed by atoms with Crippen LogP contribution in [-0.4, -0.2) is 63.9 Å². The average Bonchev–Trinajstić information content (AvgIpc) is 3.35. The minimum atomic E-state index is -4.42. The molecule has 1 amide bonds. The Hall–Kier alpha value is -3.83. The molecule has 3 aromatic rings. The Kier molecular flexibility index (Phi) is 6.90. The maximum absolute atomic E-state index is 13.4. The van der Waals surface area contributed by atoms with Crippen LogP contribution in [-0.2, 0) is 24.0 Å². The molecule has 1 fully saturated rings. The quantitative estimate of drug-likeness (QED) is 0.529. The van der Waals surface area contributed by atoms with Gasteiger partial charge in [0.05, 0.1) is 23.8 Å². The molecule has 0 radical (unpaired) electrons. The van der Waals surface area contributed by atoms with Gasteiger partial charge < -0.3 is 24.4 Å². The molecule has 0 aliphatic carbocycles. The van der Waals surface area contributed by atoms with Crippen LogP contribution < -0.4 is 15.7 Å². The third-order valence-corrected chi connectivity index (χ3v) is 6.89. The minimum Gasteiger partial charge on any atom is -0.444 e. The molecule has 1 saturated heterocycles. The molecule has 5 rings (SSSR count). The van der Waals surface area contributed by atoms with Gasteiger partial charge in [-0.15, -0.1) is 0 Å². The Morgan fingerprint density at radius 1 is 1.13 bits per heavy atom. The van der Waals surface area contributed by atoms with E-state index in [2.05, 4.69) is 15.2 Å². The van der Waals surface area contributed by atoms with Crippen LogP contribution in [0.5, 0.6) is 0 Å². The van der Waals surface area contributed by atoms with Crippen LogP contribution in [0.2, 0.25) is 0 Å². The fourth-order valence-corrected chi connectivity index (χ4v) is 4.87. The fourth-order valence-electron chi connectivity index (χ4n) is 4.87. The molecule has 2 aromatic heterocycles. The van der Waals surface area contributed by atoms with Gasteiger partial charge in [0.2, 0.25) is 5.95 Å². The van der Waals surface area contributed by atoms with Crippen LogP contribution in [0.4, 0.5) is 29.7 Å². The van der Waals surface area contributed by atoms with Gasteiger partial charge in [0, 0.05) is 44.7 Å². The summed E-state index contributed by atoms with van der Waals surface area (Å²) in [5.41, 5.74) is 0.737. The molecule has 208 valence electrons. The summed E-state index contributed by atoms with van der Waals surface area (Å²) in [7, 11) is 0. The normalized spacial score (nSPS) is 16.4. The lowest BCUT2D eigenvalue weighted by atomic mass is 10.0. The lowest BCUT2D eigenvalue weighted by Gasteiger charge is -2.36.